The molecule has 2 aromatic heterocycles. The molecular formula is C21H19N3S. The summed E-state index contributed by atoms with van der Waals surface area (Å²) < 4.78 is 0. The number of benzene rings is 2. The fraction of sp³-hybridized carbons (Fsp3) is 0.190. The number of H-pyrrole nitrogens is 1. The lowest BCUT2D eigenvalue weighted by atomic mass is 9.84. The van der Waals surface area contributed by atoms with Gasteiger partial charge in [0, 0.05) is 47.9 Å². The third-order valence-corrected chi connectivity index (χ3v) is 5.93. The van der Waals surface area contributed by atoms with Crippen molar-refractivity contribution in [1.29, 1.82) is 0 Å². The first kappa shape index (κ1) is 14.9. The first-order chi connectivity index (χ1) is 12.3. The molecule has 25 heavy (non-hydrogen) atoms. The molecule has 1 N–H and O–H groups in total. The van der Waals surface area contributed by atoms with E-state index in [0.29, 0.717) is 5.92 Å². The smallest absolute Gasteiger partial charge is 0.123 e. The van der Waals surface area contributed by atoms with Gasteiger partial charge in [-0.3, -0.25) is 0 Å². The Morgan fingerprint density at radius 3 is 3.00 bits per heavy atom. The molecule has 3 heterocycles. The van der Waals surface area contributed by atoms with Crippen LogP contribution >= 0.6 is 11.3 Å². The Bertz CT molecular complexity index is 1030. The average Bonchev–Trinajstić information content (AvgIpc) is 3.31. The van der Waals surface area contributed by atoms with Crippen molar-refractivity contribution in [2.45, 2.75) is 12.5 Å². The van der Waals surface area contributed by atoms with Crippen molar-refractivity contribution in [2.75, 3.05) is 13.6 Å². The zero-order chi connectivity index (χ0) is 16.8. The number of rotatable bonds is 2. The van der Waals surface area contributed by atoms with E-state index in [1.165, 1.54) is 33.2 Å². The quantitative estimate of drug-likeness (QED) is 0.562. The van der Waals surface area contributed by atoms with Crippen LogP contribution in [0.3, 0.4) is 0 Å². The minimum atomic E-state index is 0.415. The predicted molar refractivity (Wildman–Crippen MR) is 104 cm³/mol. The maximum Gasteiger partial charge on any atom is 0.123 e. The van der Waals surface area contributed by atoms with Gasteiger partial charge in [0.05, 0.1) is 0 Å². The molecule has 1 aliphatic heterocycles. The molecule has 1 atom stereocenters. The van der Waals surface area contributed by atoms with Gasteiger partial charge in [0.2, 0.25) is 0 Å². The third-order valence-electron chi connectivity index (χ3n) is 5.11. The Kier molecular flexibility index (Phi) is 3.47. The molecule has 0 bridgehead atoms. The number of aromatic nitrogens is 2. The van der Waals surface area contributed by atoms with E-state index in [1.807, 2.05) is 17.8 Å². The first-order valence-corrected chi connectivity index (χ1v) is 9.44. The van der Waals surface area contributed by atoms with Crippen LogP contribution in [0.1, 0.15) is 22.6 Å². The van der Waals surface area contributed by atoms with E-state index in [-0.39, 0.29) is 0 Å². The first-order valence-electron chi connectivity index (χ1n) is 8.56. The lowest BCUT2D eigenvalue weighted by Gasteiger charge is -2.33. The van der Waals surface area contributed by atoms with Gasteiger partial charge in [0.25, 0.3) is 0 Å². The molecule has 4 aromatic rings. The molecule has 5 rings (SSSR count). The predicted octanol–water partition coefficient (Wildman–Crippen LogP) is 4.87. The summed E-state index contributed by atoms with van der Waals surface area (Å²) in [6.45, 7) is 2.05. The molecule has 1 unspecified atom stereocenters. The molecule has 1 aliphatic rings. The minimum absolute atomic E-state index is 0.415. The maximum absolute atomic E-state index is 4.46. The molecule has 0 amide bonds. The monoisotopic (exact) mass is 345 g/mol. The summed E-state index contributed by atoms with van der Waals surface area (Å²) in [7, 11) is 2.21. The molecular weight excluding hydrogens is 326 g/mol. The second kappa shape index (κ2) is 5.83. The average molecular weight is 345 g/mol. The number of nitrogens with one attached hydrogen (secondary N) is 1. The van der Waals surface area contributed by atoms with E-state index >= 15 is 0 Å². The van der Waals surface area contributed by atoms with Gasteiger partial charge in [-0.25, -0.2) is 4.98 Å². The number of nitrogens with zero attached hydrogens (tertiary/aromatic N) is 2. The normalized spacial score (nSPS) is 17.7. The van der Waals surface area contributed by atoms with E-state index in [2.05, 4.69) is 64.4 Å². The Morgan fingerprint density at radius 2 is 2.12 bits per heavy atom. The van der Waals surface area contributed by atoms with Crippen molar-refractivity contribution in [2.24, 2.45) is 0 Å². The van der Waals surface area contributed by atoms with Crippen LogP contribution in [0.5, 0.6) is 0 Å². The molecule has 0 aliphatic carbocycles. The van der Waals surface area contributed by atoms with Crippen LogP contribution in [-0.4, -0.2) is 28.5 Å². The zero-order valence-electron chi connectivity index (χ0n) is 14.1. The molecule has 2 aromatic carbocycles. The molecule has 0 saturated carbocycles. The van der Waals surface area contributed by atoms with Crippen LogP contribution in [0, 0.1) is 0 Å². The van der Waals surface area contributed by atoms with Gasteiger partial charge in [-0.1, -0.05) is 18.2 Å². The van der Waals surface area contributed by atoms with Crippen molar-refractivity contribution in [1.82, 2.24) is 14.9 Å². The minimum Gasteiger partial charge on any atom is -0.361 e. The van der Waals surface area contributed by atoms with Gasteiger partial charge >= 0.3 is 0 Å². The van der Waals surface area contributed by atoms with Crippen LogP contribution in [0.2, 0.25) is 0 Å². The number of likely N-dealkylation sites (N-methyl/N-ethyl adjacent to an activating group) is 1. The molecule has 0 spiro atoms. The maximum atomic E-state index is 4.46. The van der Waals surface area contributed by atoms with Crippen molar-refractivity contribution in [3.63, 3.8) is 0 Å². The Balaban J connectivity index is 1.60. The number of aromatic amines is 1. The molecule has 0 radical (unpaired) electrons. The van der Waals surface area contributed by atoms with Gasteiger partial charge in [-0.05, 0) is 53.4 Å². The van der Waals surface area contributed by atoms with Crippen molar-refractivity contribution in [3.8, 4) is 10.6 Å². The van der Waals surface area contributed by atoms with Gasteiger partial charge in [0.1, 0.15) is 5.01 Å². The molecule has 124 valence electrons. The second-order valence-electron chi connectivity index (χ2n) is 6.82. The summed E-state index contributed by atoms with van der Waals surface area (Å²) in [5, 5.41) is 4.42. The van der Waals surface area contributed by atoms with Crippen molar-refractivity contribution in [3.05, 3.63) is 76.9 Å². The molecule has 0 fully saturated rings. The van der Waals surface area contributed by atoms with Gasteiger partial charge < -0.3 is 9.88 Å². The highest BCUT2D eigenvalue weighted by atomic mass is 32.1. The third kappa shape index (κ3) is 2.58. The summed E-state index contributed by atoms with van der Waals surface area (Å²) in [5.41, 5.74) is 6.69. The number of thiazole rings is 1. The highest BCUT2D eigenvalue weighted by Gasteiger charge is 2.25. The summed E-state index contributed by atoms with van der Waals surface area (Å²) in [4.78, 5) is 10.2. The van der Waals surface area contributed by atoms with Crippen LogP contribution in [0.4, 0.5) is 0 Å². The van der Waals surface area contributed by atoms with Crippen molar-refractivity contribution >= 4 is 22.2 Å². The zero-order valence-corrected chi connectivity index (χ0v) is 14.9. The van der Waals surface area contributed by atoms with Crippen LogP contribution in [-0.2, 0) is 6.54 Å². The molecule has 3 nitrogen and oxygen atoms in total. The van der Waals surface area contributed by atoms with Crippen LogP contribution in [0.25, 0.3) is 21.5 Å². The van der Waals surface area contributed by atoms with Crippen LogP contribution in [0.15, 0.2) is 60.2 Å². The Morgan fingerprint density at radius 1 is 1.16 bits per heavy atom. The lowest BCUT2D eigenvalue weighted by molar-refractivity contribution is 0.295. The van der Waals surface area contributed by atoms with Crippen LogP contribution < -0.4 is 0 Å². The van der Waals surface area contributed by atoms with E-state index in [4.69, 9.17) is 0 Å². The highest BCUT2D eigenvalue weighted by Crippen LogP contribution is 2.36. The van der Waals surface area contributed by atoms with E-state index in [1.54, 1.807) is 11.3 Å². The number of hydrogen-bond donors (Lipinski definition) is 1. The van der Waals surface area contributed by atoms with Gasteiger partial charge in [-0.2, -0.15) is 0 Å². The largest absolute Gasteiger partial charge is 0.361 e. The standard InChI is InChI=1S/C21H19N3S/c1-24-12-17-11-16(21-23-8-9-25-21)2-4-18(17)19(13-24)14-3-5-20-15(10-14)6-7-22-20/h2-11,19,22H,12-13H2,1H3. The fourth-order valence-electron chi connectivity index (χ4n) is 3.92. The Labute approximate surface area is 151 Å². The number of fused-ring (bicyclic) bond motifs is 2. The Hall–Kier alpha value is -2.43. The molecule has 0 saturated heterocycles. The fourth-order valence-corrected chi connectivity index (χ4v) is 4.56. The topological polar surface area (TPSA) is 31.9 Å². The van der Waals surface area contributed by atoms with E-state index in [9.17, 15) is 0 Å². The summed E-state index contributed by atoms with van der Waals surface area (Å²) in [6, 6.07) is 15.8. The second-order valence-corrected chi connectivity index (χ2v) is 7.72. The SMILES string of the molecule is CN1Cc2cc(-c3nccs3)ccc2C(c2ccc3[nH]ccc3c2)C1. The van der Waals surface area contributed by atoms with E-state index < -0.39 is 0 Å². The van der Waals surface area contributed by atoms with Crippen molar-refractivity contribution < 1.29 is 0 Å². The van der Waals surface area contributed by atoms with Gasteiger partial charge in [-0.15, -0.1) is 11.3 Å². The van der Waals surface area contributed by atoms with E-state index in [0.717, 1.165) is 18.1 Å². The lowest BCUT2D eigenvalue weighted by Crippen LogP contribution is -2.31. The van der Waals surface area contributed by atoms with Gasteiger partial charge in [0.15, 0.2) is 0 Å². The highest BCUT2D eigenvalue weighted by molar-refractivity contribution is 7.13. The summed E-state index contributed by atoms with van der Waals surface area (Å²) >= 11 is 1.70. The summed E-state index contributed by atoms with van der Waals surface area (Å²) in [5.74, 6) is 0.415. The summed E-state index contributed by atoms with van der Waals surface area (Å²) in [6.07, 6.45) is 3.89. The molecule has 4 heteroatoms. The number of hydrogen-bond acceptors (Lipinski definition) is 3.